The van der Waals surface area contributed by atoms with Crippen molar-refractivity contribution in [2.75, 3.05) is 23.7 Å². The molecule has 2 N–H and O–H groups in total. The van der Waals surface area contributed by atoms with Gasteiger partial charge in [0.1, 0.15) is 5.82 Å². The molecule has 1 aliphatic rings. The summed E-state index contributed by atoms with van der Waals surface area (Å²) in [6.07, 6.45) is 4.65. The fourth-order valence-electron chi connectivity index (χ4n) is 2.05. The van der Waals surface area contributed by atoms with E-state index in [9.17, 15) is 0 Å². The molecule has 0 unspecified atom stereocenters. The minimum absolute atomic E-state index is 0.302. The highest BCUT2D eigenvalue weighted by atomic mass is 15.2. The zero-order chi connectivity index (χ0) is 13.9. The van der Waals surface area contributed by atoms with E-state index in [1.807, 2.05) is 19.1 Å². The second-order valence-corrected chi connectivity index (χ2v) is 4.70. The van der Waals surface area contributed by atoms with Crippen LogP contribution in [0.4, 0.5) is 11.8 Å². The van der Waals surface area contributed by atoms with Crippen molar-refractivity contribution >= 4 is 11.8 Å². The van der Waals surface area contributed by atoms with Crippen LogP contribution in [0.3, 0.4) is 0 Å². The summed E-state index contributed by atoms with van der Waals surface area (Å²) in [5.74, 6) is 7.41. The summed E-state index contributed by atoms with van der Waals surface area (Å²) < 4.78 is 0. The number of hydrogen-bond donors (Lipinski definition) is 1. The molecule has 0 bridgehead atoms. The number of hydrogen-bond acceptors (Lipinski definition) is 5. The average Bonchev–Trinajstić information content (AvgIpc) is 2.37. The van der Waals surface area contributed by atoms with Crippen LogP contribution in [-0.2, 0) is 0 Å². The first kappa shape index (κ1) is 12.4. The quantitative estimate of drug-likeness (QED) is 0.789. The Hall–Kier alpha value is -2.61. The van der Waals surface area contributed by atoms with Gasteiger partial charge >= 0.3 is 0 Å². The van der Waals surface area contributed by atoms with Crippen LogP contribution >= 0.6 is 0 Å². The van der Waals surface area contributed by atoms with Gasteiger partial charge in [0.2, 0.25) is 5.95 Å². The predicted octanol–water partition coefficient (Wildman–Crippen LogP) is 1.37. The lowest BCUT2D eigenvalue weighted by molar-refractivity contribution is 0.608. The molecule has 0 aliphatic carbocycles. The smallest absolute Gasteiger partial charge is 0.222 e. The number of rotatable bonds is 1. The van der Waals surface area contributed by atoms with Gasteiger partial charge in [0.15, 0.2) is 0 Å². The van der Waals surface area contributed by atoms with Crippen molar-refractivity contribution in [2.24, 2.45) is 0 Å². The van der Waals surface area contributed by atoms with Gasteiger partial charge in [-0.2, -0.15) is 4.98 Å². The number of nitrogens with two attached hydrogens (primary N) is 1. The molecule has 5 heteroatoms. The normalized spacial score (nSPS) is 13.3. The minimum Gasteiger partial charge on any atom is -0.368 e. The summed E-state index contributed by atoms with van der Waals surface area (Å²) in [5, 5.41) is 0. The maximum atomic E-state index is 5.75. The van der Waals surface area contributed by atoms with Gasteiger partial charge in [-0.1, -0.05) is 11.8 Å². The largest absolute Gasteiger partial charge is 0.368 e. The van der Waals surface area contributed by atoms with Crippen LogP contribution in [-0.4, -0.2) is 28.0 Å². The summed E-state index contributed by atoms with van der Waals surface area (Å²) in [5.41, 5.74) is 8.28. The third-order valence-electron chi connectivity index (χ3n) is 3.24. The van der Waals surface area contributed by atoms with Crippen molar-refractivity contribution < 1.29 is 0 Å². The lowest BCUT2D eigenvalue weighted by Crippen LogP contribution is -2.38. The van der Waals surface area contributed by atoms with Crippen LogP contribution < -0.4 is 10.6 Å². The molecule has 2 aromatic heterocycles. The van der Waals surface area contributed by atoms with Crippen molar-refractivity contribution in [1.82, 2.24) is 15.0 Å². The molecular weight excluding hydrogens is 250 g/mol. The zero-order valence-electron chi connectivity index (χ0n) is 11.3. The van der Waals surface area contributed by atoms with E-state index in [4.69, 9.17) is 5.73 Å². The van der Waals surface area contributed by atoms with Gasteiger partial charge < -0.3 is 10.6 Å². The summed E-state index contributed by atoms with van der Waals surface area (Å²) in [6, 6.07) is 3.80. The second-order valence-electron chi connectivity index (χ2n) is 4.70. The molecule has 1 saturated heterocycles. The molecule has 5 nitrogen and oxygen atoms in total. The molecule has 0 spiro atoms. The van der Waals surface area contributed by atoms with Crippen molar-refractivity contribution in [3.05, 3.63) is 41.3 Å². The highest BCUT2D eigenvalue weighted by Crippen LogP contribution is 2.24. The Morgan fingerprint density at radius 3 is 2.75 bits per heavy atom. The van der Waals surface area contributed by atoms with Gasteiger partial charge in [-0.3, -0.25) is 4.98 Å². The summed E-state index contributed by atoms with van der Waals surface area (Å²) >= 11 is 0. The van der Waals surface area contributed by atoms with Crippen LogP contribution in [0.2, 0.25) is 0 Å². The number of nitrogen functional groups attached to an aromatic ring is 1. The van der Waals surface area contributed by atoms with E-state index in [0.717, 1.165) is 35.7 Å². The lowest BCUT2D eigenvalue weighted by atomic mass is 10.1. The van der Waals surface area contributed by atoms with Gasteiger partial charge in [0.25, 0.3) is 0 Å². The zero-order valence-corrected chi connectivity index (χ0v) is 11.3. The van der Waals surface area contributed by atoms with Crippen LogP contribution in [0.25, 0.3) is 0 Å². The second kappa shape index (κ2) is 5.17. The van der Waals surface area contributed by atoms with E-state index in [1.54, 1.807) is 12.4 Å². The molecule has 100 valence electrons. The average molecular weight is 265 g/mol. The fraction of sp³-hybridized carbons (Fsp3) is 0.267. The first-order valence-electron chi connectivity index (χ1n) is 6.55. The summed E-state index contributed by atoms with van der Waals surface area (Å²) in [7, 11) is 0. The van der Waals surface area contributed by atoms with E-state index in [0.29, 0.717) is 5.95 Å². The van der Waals surface area contributed by atoms with Crippen LogP contribution in [0.15, 0.2) is 24.5 Å². The van der Waals surface area contributed by atoms with Crippen molar-refractivity contribution in [1.29, 1.82) is 0 Å². The Kier molecular flexibility index (Phi) is 3.21. The van der Waals surface area contributed by atoms with E-state index in [-0.39, 0.29) is 0 Å². The summed E-state index contributed by atoms with van der Waals surface area (Å²) in [6.45, 7) is 3.91. The molecule has 0 saturated carbocycles. The molecule has 20 heavy (non-hydrogen) atoms. The molecule has 1 fully saturated rings. The Labute approximate surface area is 117 Å². The Morgan fingerprint density at radius 2 is 2.10 bits per heavy atom. The molecule has 0 amide bonds. The topological polar surface area (TPSA) is 67.9 Å². The standard InChI is InChI=1S/C15H15N5/c1-11-13(6-5-12-4-2-7-17-10-12)14(19-15(16)18-11)20-8-3-9-20/h2,4,7,10H,3,8-9H2,1H3,(H2,16,18,19). The molecule has 3 heterocycles. The molecule has 0 atom stereocenters. The van der Waals surface area contributed by atoms with Crippen molar-refractivity contribution in [3.8, 4) is 11.8 Å². The highest BCUT2D eigenvalue weighted by molar-refractivity contribution is 5.61. The number of aromatic nitrogens is 3. The van der Waals surface area contributed by atoms with Gasteiger partial charge in [-0.15, -0.1) is 0 Å². The molecule has 3 rings (SSSR count). The Bertz CT molecular complexity index is 681. The maximum Gasteiger partial charge on any atom is 0.222 e. The van der Waals surface area contributed by atoms with E-state index in [2.05, 4.69) is 31.7 Å². The highest BCUT2D eigenvalue weighted by Gasteiger charge is 2.20. The van der Waals surface area contributed by atoms with E-state index in [1.165, 1.54) is 6.42 Å². The SMILES string of the molecule is Cc1nc(N)nc(N2CCC2)c1C#Cc1cccnc1. The maximum absolute atomic E-state index is 5.75. The third-order valence-corrected chi connectivity index (χ3v) is 3.24. The predicted molar refractivity (Wildman–Crippen MR) is 78.2 cm³/mol. The van der Waals surface area contributed by atoms with Crippen molar-refractivity contribution in [2.45, 2.75) is 13.3 Å². The summed E-state index contributed by atoms with van der Waals surface area (Å²) in [4.78, 5) is 14.8. The van der Waals surface area contributed by atoms with Gasteiger partial charge in [0, 0.05) is 31.0 Å². The van der Waals surface area contributed by atoms with E-state index < -0.39 is 0 Å². The lowest BCUT2D eigenvalue weighted by Gasteiger charge is -2.33. The molecule has 1 aliphatic heterocycles. The van der Waals surface area contributed by atoms with Gasteiger partial charge in [0.05, 0.1) is 11.3 Å². The molecule has 0 aromatic carbocycles. The number of nitrogens with zero attached hydrogens (tertiary/aromatic N) is 4. The van der Waals surface area contributed by atoms with Crippen LogP contribution in [0.1, 0.15) is 23.2 Å². The fourth-order valence-corrected chi connectivity index (χ4v) is 2.05. The number of aryl methyl sites for hydroxylation is 1. The third kappa shape index (κ3) is 2.41. The van der Waals surface area contributed by atoms with Crippen molar-refractivity contribution in [3.63, 3.8) is 0 Å². The van der Waals surface area contributed by atoms with Crippen LogP contribution in [0.5, 0.6) is 0 Å². The number of anilines is 2. The van der Waals surface area contributed by atoms with Crippen LogP contribution in [0, 0.1) is 18.8 Å². The monoisotopic (exact) mass is 265 g/mol. The molecule has 2 aromatic rings. The first-order valence-corrected chi connectivity index (χ1v) is 6.55. The molecular formula is C15H15N5. The first-order chi connectivity index (χ1) is 9.74. The molecule has 0 radical (unpaired) electrons. The Morgan fingerprint density at radius 1 is 1.25 bits per heavy atom. The van der Waals surface area contributed by atoms with E-state index >= 15 is 0 Å². The number of pyridine rings is 1. The Balaban J connectivity index is 2.02. The minimum atomic E-state index is 0.302. The van der Waals surface area contributed by atoms with Gasteiger partial charge in [-0.25, -0.2) is 4.98 Å². The van der Waals surface area contributed by atoms with Gasteiger partial charge in [-0.05, 0) is 25.5 Å².